The number of amides is 1. The second-order valence-corrected chi connectivity index (χ2v) is 4.47. The van der Waals surface area contributed by atoms with Crippen molar-refractivity contribution < 1.29 is 17.4 Å². The van der Waals surface area contributed by atoms with E-state index in [4.69, 9.17) is 5.73 Å². The van der Waals surface area contributed by atoms with Crippen LogP contribution < -0.4 is 5.73 Å². The van der Waals surface area contributed by atoms with Gasteiger partial charge < -0.3 is 5.73 Å². The Kier molecular flexibility index (Phi) is 3.66. The number of carbonyl (C=O) groups is 1. The Morgan fingerprint density at radius 2 is 1.83 bits per heavy atom. The fraction of sp³-hybridized carbons (Fsp3) is 0.833. The van der Waals surface area contributed by atoms with Crippen LogP contribution in [0.5, 0.6) is 0 Å². The molecule has 0 rings (SSSR count). The highest BCUT2D eigenvalue weighted by Crippen LogP contribution is 2.08. The molecule has 0 aliphatic carbocycles. The summed E-state index contributed by atoms with van der Waals surface area (Å²) >= 11 is 0. The minimum Gasteiger partial charge on any atom is -0.367 e. The summed E-state index contributed by atoms with van der Waals surface area (Å²) in [7, 11) is -3.61. The fourth-order valence-corrected chi connectivity index (χ4v) is 1.37. The Balaban J connectivity index is 4.46. The van der Waals surface area contributed by atoms with E-state index in [1.54, 1.807) is 13.8 Å². The van der Waals surface area contributed by atoms with E-state index in [1.165, 1.54) is 0 Å². The maximum atomic E-state index is 10.7. The quantitative estimate of drug-likeness (QED) is 0.611. The van der Waals surface area contributed by atoms with Gasteiger partial charge in [-0.15, -0.1) is 0 Å². The summed E-state index contributed by atoms with van der Waals surface area (Å²) in [5, 5.41) is 0. The topological polar surface area (TPSA) is 86.5 Å². The highest BCUT2D eigenvalue weighted by atomic mass is 32.2. The maximum absolute atomic E-state index is 10.7. The molecule has 0 radical (unpaired) electrons. The molecule has 0 bridgehead atoms. The molecule has 12 heavy (non-hydrogen) atoms. The third-order valence-electron chi connectivity index (χ3n) is 1.16. The van der Waals surface area contributed by atoms with Crippen LogP contribution in [0.2, 0.25) is 0 Å². The molecule has 0 fully saturated rings. The zero-order valence-corrected chi connectivity index (χ0v) is 8.09. The van der Waals surface area contributed by atoms with Gasteiger partial charge in [-0.25, -0.2) is 0 Å². The van der Waals surface area contributed by atoms with Crippen molar-refractivity contribution in [1.82, 2.24) is 0 Å². The lowest BCUT2D eigenvalue weighted by molar-refractivity contribution is -0.126. The number of hydrogen-bond donors (Lipinski definition) is 1. The van der Waals surface area contributed by atoms with Crippen LogP contribution in [0.25, 0.3) is 0 Å². The third-order valence-corrected chi connectivity index (χ3v) is 1.72. The van der Waals surface area contributed by atoms with E-state index in [0.717, 1.165) is 6.26 Å². The Morgan fingerprint density at radius 3 is 1.92 bits per heavy atom. The summed E-state index contributed by atoms with van der Waals surface area (Å²) in [5.41, 5.74) is 4.92. The summed E-state index contributed by atoms with van der Waals surface area (Å²) < 4.78 is 25.7. The molecular formula is C6H13NO4S. The average Bonchev–Trinajstić information content (AvgIpc) is 1.79. The van der Waals surface area contributed by atoms with E-state index in [1.807, 2.05) is 0 Å². The van der Waals surface area contributed by atoms with Crippen molar-refractivity contribution in [2.24, 2.45) is 11.7 Å². The molecule has 0 aromatic carbocycles. The van der Waals surface area contributed by atoms with Gasteiger partial charge >= 0.3 is 0 Å². The summed E-state index contributed by atoms with van der Waals surface area (Å²) in [6, 6.07) is 0. The molecular weight excluding hydrogens is 182 g/mol. The van der Waals surface area contributed by atoms with Crippen LogP contribution in [0.15, 0.2) is 0 Å². The molecule has 0 aliphatic heterocycles. The van der Waals surface area contributed by atoms with Crippen LogP contribution in [-0.4, -0.2) is 26.7 Å². The molecule has 1 unspecified atom stereocenters. The predicted molar refractivity (Wildman–Crippen MR) is 43.7 cm³/mol. The lowest BCUT2D eigenvalue weighted by Crippen LogP contribution is -2.36. The van der Waals surface area contributed by atoms with Crippen LogP contribution in [0, 0.1) is 5.92 Å². The lowest BCUT2D eigenvalue weighted by atomic mass is 10.1. The van der Waals surface area contributed by atoms with Crippen molar-refractivity contribution in [3.05, 3.63) is 0 Å². The predicted octanol–water partition coefficient (Wildman–Crippen LogP) is -0.528. The Hall–Kier alpha value is -0.620. The largest absolute Gasteiger partial charge is 0.367 e. The van der Waals surface area contributed by atoms with Crippen LogP contribution >= 0.6 is 0 Å². The molecule has 2 N–H and O–H groups in total. The molecule has 0 aromatic heterocycles. The van der Waals surface area contributed by atoms with Crippen molar-refractivity contribution in [1.29, 1.82) is 0 Å². The maximum Gasteiger partial charge on any atom is 0.265 e. The first-order chi connectivity index (χ1) is 5.24. The van der Waals surface area contributed by atoms with Gasteiger partial charge in [0.2, 0.25) is 5.91 Å². The SMILES string of the molecule is CC(C)C(OS(C)(=O)=O)C(N)=O. The molecule has 0 heterocycles. The van der Waals surface area contributed by atoms with Gasteiger partial charge in [0.05, 0.1) is 6.26 Å². The highest BCUT2D eigenvalue weighted by Gasteiger charge is 2.24. The fourth-order valence-electron chi connectivity index (χ4n) is 0.675. The number of nitrogens with two attached hydrogens (primary N) is 1. The van der Waals surface area contributed by atoms with Crippen molar-refractivity contribution in [3.8, 4) is 0 Å². The van der Waals surface area contributed by atoms with E-state index >= 15 is 0 Å². The van der Waals surface area contributed by atoms with Crippen molar-refractivity contribution >= 4 is 16.0 Å². The zero-order valence-electron chi connectivity index (χ0n) is 7.27. The van der Waals surface area contributed by atoms with E-state index in [-0.39, 0.29) is 5.92 Å². The molecule has 6 heteroatoms. The minimum atomic E-state index is -3.61. The smallest absolute Gasteiger partial charge is 0.265 e. The molecule has 0 saturated carbocycles. The number of carbonyl (C=O) groups excluding carboxylic acids is 1. The lowest BCUT2D eigenvalue weighted by Gasteiger charge is -2.15. The Morgan fingerprint density at radius 1 is 1.42 bits per heavy atom. The van der Waals surface area contributed by atoms with Gasteiger partial charge in [0.25, 0.3) is 10.1 Å². The van der Waals surface area contributed by atoms with Crippen LogP contribution in [-0.2, 0) is 19.1 Å². The first-order valence-electron chi connectivity index (χ1n) is 3.41. The number of primary amides is 1. The van der Waals surface area contributed by atoms with E-state index in [2.05, 4.69) is 4.18 Å². The van der Waals surface area contributed by atoms with E-state index < -0.39 is 22.1 Å². The molecule has 1 atom stereocenters. The second-order valence-electron chi connectivity index (χ2n) is 2.87. The van der Waals surface area contributed by atoms with Gasteiger partial charge in [-0.1, -0.05) is 13.8 Å². The van der Waals surface area contributed by atoms with Crippen molar-refractivity contribution in [3.63, 3.8) is 0 Å². The molecule has 72 valence electrons. The average molecular weight is 195 g/mol. The Bertz CT molecular complexity index is 257. The standard InChI is InChI=1S/C6H13NO4S/c1-4(2)5(6(7)8)11-12(3,9)10/h4-5H,1-3H3,(H2,7,8). The molecule has 0 saturated heterocycles. The first kappa shape index (κ1) is 11.4. The second kappa shape index (κ2) is 3.86. The molecule has 0 aliphatic rings. The van der Waals surface area contributed by atoms with Gasteiger partial charge in [0.15, 0.2) is 6.10 Å². The minimum absolute atomic E-state index is 0.253. The normalized spacial score (nSPS) is 14.7. The monoisotopic (exact) mass is 195 g/mol. The third kappa shape index (κ3) is 4.30. The van der Waals surface area contributed by atoms with Crippen LogP contribution in [0.1, 0.15) is 13.8 Å². The highest BCUT2D eigenvalue weighted by molar-refractivity contribution is 7.86. The van der Waals surface area contributed by atoms with Gasteiger partial charge in [-0.3, -0.25) is 8.98 Å². The van der Waals surface area contributed by atoms with Crippen molar-refractivity contribution in [2.75, 3.05) is 6.26 Å². The molecule has 0 spiro atoms. The molecule has 0 aromatic rings. The Labute approximate surface area is 72.0 Å². The summed E-state index contributed by atoms with van der Waals surface area (Å²) in [6.07, 6.45) is -0.189. The van der Waals surface area contributed by atoms with E-state index in [9.17, 15) is 13.2 Å². The number of rotatable bonds is 4. The first-order valence-corrected chi connectivity index (χ1v) is 5.23. The van der Waals surface area contributed by atoms with Crippen LogP contribution in [0.4, 0.5) is 0 Å². The summed E-state index contributed by atoms with van der Waals surface area (Å²) in [6.45, 7) is 3.31. The van der Waals surface area contributed by atoms with Crippen LogP contribution in [0.3, 0.4) is 0 Å². The van der Waals surface area contributed by atoms with Gasteiger partial charge in [0.1, 0.15) is 0 Å². The van der Waals surface area contributed by atoms with Gasteiger partial charge in [0, 0.05) is 0 Å². The van der Waals surface area contributed by atoms with Gasteiger partial charge in [-0.2, -0.15) is 8.42 Å². The number of hydrogen-bond acceptors (Lipinski definition) is 4. The van der Waals surface area contributed by atoms with Gasteiger partial charge in [-0.05, 0) is 5.92 Å². The summed E-state index contributed by atoms with van der Waals surface area (Å²) in [4.78, 5) is 10.7. The molecule has 5 nitrogen and oxygen atoms in total. The van der Waals surface area contributed by atoms with Crippen molar-refractivity contribution in [2.45, 2.75) is 20.0 Å². The molecule has 1 amide bonds. The zero-order chi connectivity index (χ0) is 9.94. The summed E-state index contributed by atoms with van der Waals surface area (Å²) in [5.74, 6) is -1.02. The van der Waals surface area contributed by atoms with E-state index in [0.29, 0.717) is 0 Å².